The van der Waals surface area contributed by atoms with Crippen molar-refractivity contribution in [3.63, 3.8) is 0 Å². The molecular weight excluding hydrogens is 335 g/mol. The maximum absolute atomic E-state index is 6.00. The zero-order valence-corrected chi connectivity index (χ0v) is 13.4. The highest BCUT2D eigenvalue weighted by Crippen LogP contribution is 2.27. The van der Waals surface area contributed by atoms with Crippen LogP contribution in [0, 0.1) is 0 Å². The Morgan fingerprint density at radius 3 is 2.60 bits per heavy atom. The first-order valence-corrected chi connectivity index (χ1v) is 7.48. The number of para-hydroxylation sites is 2. The molecule has 104 valence electrons. The number of aromatic amines is 1. The minimum absolute atomic E-state index is 0. The first-order chi connectivity index (χ1) is 9.22. The number of rotatable bonds is 3. The molecular formula is C14H11Cl3N2S. The topological polar surface area (TPSA) is 28.7 Å². The van der Waals surface area contributed by atoms with Gasteiger partial charge >= 0.3 is 0 Å². The second-order valence-electron chi connectivity index (χ2n) is 4.10. The van der Waals surface area contributed by atoms with E-state index in [2.05, 4.69) is 9.97 Å². The average Bonchev–Trinajstić information content (AvgIpc) is 2.83. The van der Waals surface area contributed by atoms with Gasteiger partial charge in [-0.05, 0) is 29.8 Å². The molecule has 20 heavy (non-hydrogen) atoms. The Morgan fingerprint density at radius 1 is 1.05 bits per heavy atom. The predicted octanol–water partition coefficient (Wildman–Crippen LogP) is 5.58. The van der Waals surface area contributed by atoms with Crippen molar-refractivity contribution in [3.05, 3.63) is 58.1 Å². The van der Waals surface area contributed by atoms with E-state index in [9.17, 15) is 0 Å². The van der Waals surface area contributed by atoms with Gasteiger partial charge in [-0.25, -0.2) is 4.98 Å². The van der Waals surface area contributed by atoms with Crippen LogP contribution >= 0.6 is 47.4 Å². The average molecular weight is 346 g/mol. The van der Waals surface area contributed by atoms with Gasteiger partial charge in [0.2, 0.25) is 0 Å². The van der Waals surface area contributed by atoms with Crippen LogP contribution in [-0.4, -0.2) is 9.97 Å². The van der Waals surface area contributed by atoms with E-state index >= 15 is 0 Å². The number of nitrogens with zero attached hydrogens (tertiary/aromatic N) is 1. The highest BCUT2D eigenvalue weighted by atomic mass is 35.5. The summed E-state index contributed by atoms with van der Waals surface area (Å²) in [6.07, 6.45) is 0. The molecule has 0 aliphatic rings. The summed E-state index contributed by atoms with van der Waals surface area (Å²) in [5.41, 5.74) is 3.16. The molecule has 3 rings (SSSR count). The third kappa shape index (κ3) is 3.41. The number of halogens is 3. The van der Waals surface area contributed by atoms with Crippen LogP contribution in [0.5, 0.6) is 0 Å². The summed E-state index contributed by atoms with van der Waals surface area (Å²) in [4.78, 5) is 7.80. The quantitative estimate of drug-likeness (QED) is 0.627. The van der Waals surface area contributed by atoms with Crippen molar-refractivity contribution in [2.75, 3.05) is 0 Å². The molecule has 0 saturated heterocycles. The van der Waals surface area contributed by atoms with Gasteiger partial charge in [0.1, 0.15) is 0 Å². The van der Waals surface area contributed by atoms with E-state index in [1.165, 1.54) is 0 Å². The van der Waals surface area contributed by atoms with Crippen molar-refractivity contribution >= 4 is 58.4 Å². The van der Waals surface area contributed by atoms with Gasteiger partial charge in [0.05, 0.1) is 21.1 Å². The molecule has 2 aromatic carbocycles. The second-order valence-corrected chi connectivity index (χ2v) is 5.87. The number of imidazole rings is 1. The van der Waals surface area contributed by atoms with Crippen molar-refractivity contribution in [2.45, 2.75) is 10.9 Å². The van der Waals surface area contributed by atoms with Crippen molar-refractivity contribution < 1.29 is 0 Å². The summed E-state index contributed by atoms with van der Waals surface area (Å²) in [6, 6.07) is 13.7. The van der Waals surface area contributed by atoms with Crippen LogP contribution in [-0.2, 0) is 5.75 Å². The lowest BCUT2D eigenvalue weighted by Gasteiger charge is -2.01. The first-order valence-electron chi connectivity index (χ1n) is 5.74. The van der Waals surface area contributed by atoms with E-state index in [4.69, 9.17) is 23.2 Å². The second kappa shape index (κ2) is 6.72. The molecule has 2 nitrogen and oxygen atoms in total. The maximum atomic E-state index is 6.00. The fourth-order valence-electron chi connectivity index (χ4n) is 1.78. The van der Waals surface area contributed by atoms with E-state index in [0.29, 0.717) is 10.0 Å². The fraction of sp³-hybridized carbons (Fsp3) is 0.0714. The van der Waals surface area contributed by atoms with E-state index < -0.39 is 0 Å². The number of H-pyrrole nitrogens is 1. The number of nitrogens with one attached hydrogen (secondary N) is 1. The Balaban J connectivity index is 0.00000147. The maximum Gasteiger partial charge on any atom is 0.166 e. The smallest absolute Gasteiger partial charge is 0.166 e. The van der Waals surface area contributed by atoms with E-state index in [1.807, 2.05) is 42.5 Å². The van der Waals surface area contributed by atoms with Gasteiger partial charge in [0.25, 0.3) is 0 Å². The van der Waals surface area contributed by atoms with Crippen LogP contribution in [0.2, 0.25) is 10.0 Å². The monoisotopic (exact) mass is 344 g/mol. The Bertz CT molecular complexity index is 694. The summed E-state index contributed by atoms with van der Waals surface area (Å²) in [7, 11) is 0. The standard InChI is InChI=1S/C14H10Cl2N2S.ClH/c15-10-6-5-9(7-11(10)16)8-19-14-17-12-3-1-2-4-13(12)18-14;/h1-7H,8H2,(H,17,18);1H. The molecule has 0 radical (unpaired) electrons. The van der Waals surface area contributed by atoms with Crippen molar-refractivity contribution in [1.29, 1.82) is 0 Å². The fourth-order valence-corrected chi connectivity index (χ4v) is 2.93. The van der Waals surface area contributed by atoms with Gasteiger partial charge in [-0.3, -0.25) is 0 Å². The van der Waals surface area contributed by atoms with E-state index in [0.717, 1.165) is 27.5 Å². The summed E-state index contributed by atoms with van der Waals surface area (Å²) >= 11 is 13.5. The molecule has 0 atom stereocenters. The number of aromatic nitrogens is 2. The lowest BCUT2D eigenvalue weighted by molar-refractivity contribution is 1.08. The zero-order valence-electron chi connectivity index (χ0n) is 10.3. The molecule has 3 aromatic rings. The third-order valence-corrected chi connectivity index (χ3v) is 4.41. The summed E-state index contributed by atoms with van der Waals surface area (Å²) in [5.74, 6) is 0.802. The lowest BCUT2D eigenvalue weighted by atomic mass is 10.2. The Morgan fingerprint density at radius 2 is 1.85 bits per heavy atom. The van der Waals surface area contributed by atoms with Gasteiger partial charge in [-0.2, -0.15) is 0 Å². The van der Waals surface area contributed by atoms with Crippen LogP contribution in [0.1, 0.15) is 5.56 Å². The molecule has 0 spiro atoms. The Kier molecular flexibility index (Phi) is 5.22. The van der Waals surface area contributed by atoms with Crippen molar-refractivity contribution in [1.82, 2.24) is 9.97 Å². The Labute approximate surface area is 137 Å². The normalized spacial score (nSPS) is 10.5. The highest BCUT2D eigenvalue weighted by Gasteiger charge is 2.04. The van der Waals surface area contributed by atoms with Crippen molar-refractivity contribution in [3.8, 4) is 0 Å². The molecule has 0 aliphatic heterocycles. The first kappa shape index (κ1) is 15.5. The van der Waals surface area contributed by atoms with Gasteiger partial charge in [-0.1, -0.05) is 53.2 Å². The van der Waals surface area contributed by atoms with Crippen LogP contribution in [0.25, 0.3) is 11.0 Å². The number of thioether (sulfide) groups is 1. The number of benzene rings is 2. The highest BCUT2D eigenvalue weighted by molar-refractivity contribution is 7.98. The molecule has 0 fully saturated rings. The third-order valence-electron chi connectivity index (χ3n) is 2.73. The minimum Gasteiger partial charge on any atom is -0.333 e. The van der Waals surface area contributed by atoms with Gasteiger partial charge in [0, 0.05) is 5.75 Å². The summed E-state index contributed by atoms with van der Waals surface area (Å²) in [6.45, 7) is 0. The molecule has 0 aliphatic carbocycles. The predicted molar refractivity (Wildman–Crippen MR) is 89.4 cm³/mol. The molecule has 1 N–H and O–H groups in total. The molecule has 0 unspecified atom stereocenters. The van der Waals surface area contributed by atoms with E-state index in [-0.39, 0.29) is 12.4 Å². The van der Waals surface area contributed by atoms with Crippen LogP contribution in [0.4, 0.5) is 0 Å². The number of fused-ring (bicyclic) bond motifs is 1. The van der Waals surface area contributed by atoms with Gasteiger partial charge < -0.3 is 4.98 Å². The van der Waals surface area contributed by atoms with Gasteiger partial charge in [-0.15, -0.1) is 12.4 Å². The number of hydrogen-bond acceptors (Lipinski definition) is 2. The SMILES string of the molecule is Cl.Clc1ccc(CSc2nc3ccccc3[nH]2)cc1Cl. The summed E-state index contributed by atoms with van der Waals surface area (Å²) in [5, 5.41) is 2.08. The minimum atomic E-state index is 0. The molecule has 0 saturated carbocycles. The largest absolute Gasteiger partial charge is 0.333 e. The molecule has 6 heteroatoms. The van der Waals surface area contributed by atoms with Crippen molar-refractivity contribution in [2.24, 2.45) is 0 Å². The van der Waals surface area contributed by atoms with Gasteiger partial charge in [0.15, 0.2) is 5.16 Å². The molecule has 0 amide bonds. The Hall–Kier alpha value is -0.870. The number of hydrogen-bond donors (Lipinski definition) is 1. The molecule has 0 bridgehead atoms. The molecule has 1 aromatic heterocycles. The van der Waals surface area contributed by atoms with Crippen LogP contribution in [0.15, 0.2) is 47.6 Å². The molecule has 1 heterocycles. The lowest BCUT2D eigenvalue weighted by Crippen LogP contribution is -1.82. The zero-order chi connectivity index (χ0) is 13.2. The van der Waals surface area contributed by atoms with E-state index in [1.54, 1.807) is 11.8 Å². The van der Waals surface area contributed by atoms with Crippen LogP contribution in [0.3, 0.4) is 0 Å². The summed E-state index contributed by atoms with van der Waals surface area (Å²) < 4.78 is 0. The van der Waals surface area contributed by atoms with Crippen LogP contribution < -0.4 is 0 Å².